The van der Waals surface area contributed by atoms with Gasteiger partial charge in [-0.1, -0.05) is 29.8 Å². The number of rotatable bonds is 6. The quantitative estimate of drug-likeness (QED) is 0.276. The molecule has 1 amide bonds. The van der Waals surface area contributed by atoms with Crippen LogP contribution in [0.4, 0.5) is 16.3 Å². The Morgan fingerprint density at radius 2 is 1.73 bits per heavy atom. The van der Waals surface area contributed by atoms with Crippen molar-refractivity contribution in [3.05, 3.63) is 71.0 Å². The van der Waals surface area contributed by atoms with E-state index in [-0.39, 0.29) is 28.4 Å². The normalized spacial score (nSPS) is 24.3. The van der Waals surface area contributed by atoms with Gasteiger partial charge in [0, 0.05) is 0 Å². The molecule has 3 aromatic rings. The third-order valence-corrected chi connectivity index (χ3v) is 8.95. The average molecular weight is 576 g/mol. The lowest BCUT2D eigenvalue weighted by atomic mass is 9.66. The van der Waals surface area contributed by atoms with E-state index in [1.165, 1.54) is 62.1 Å². The summed E-state index contributed by atoms with van der Waals surface area (Å²) in [5, 5.41) is 0.535. The minimum Gasteiger partial charge on any atom is -0.465 e. The van der Waals surface area contributed by atoms with Crippen molar-refractivity contribution in [3.63, 3.8) is 0 Å². The van der Waals surface area contributed by atoms with Crippen molar-refractivity contribution in [1.29, 1.82) is 0 Å². The molecule has 214 valence electrons. The Bertz CT molecular complexity index is 1470. The molecule has 4 aliphatic carbocycles. The number of anilines is 2. The number of benzene rings is 2. The van der Waals surface area contributed by atoms with Crippen molar-refractivity contribution in [2.24, 2.45) is 17.8 Å². The van der Waals surface area contributed by atoms with Crippen LogP contribution in [-0.4, -0.2) is 34.7 Å². The molecule has 2 aromatic carbocycles. The fraction of sp³-hybridized carbons (Fsp3) is 0.438. The molecule has 0 N–H and O–H groups in total. The second-order valence-corrected chi connectivity index (χ2v) is 12.9. The first kappa shape index (κ1) is 27.5. The predicted octanol–water partition coefficient (Wildman–Crippen LogP) is 7.86. The van der Waals surface area contributed by atoms with E-state index in [0.29, 0.717) is 10.8 Å². The first-order chi connectivity index (χ1) is 19.5. The summed E-state index contributed by atoms with van der Waals surface area (Å²) in [7, 11) is 1.28. The van der Waals surface area contributed by atoms with Gasteiger partial charge in [0.1, 0.15) is 11.4 Å². The van der Waals surface area contributed by atoms with Gasteiger partial charge in [-0.15, -0.1) is 0 Å². The maximum Gasteiger partial charge on any atom is 0.420 e. The van der Waals surface area contributed by atoms with Crippen LogP contribution in [0.15, 0.2) is 54.9 Å². The molecule has 41 heavy (non-hydrogen) atoms. The molecule has 0 saturated heterocycles. The molecule has 0 aliphatic heterocycles. The van der Waals surface area contributed by atoms with Gasteiger partial charge in [0.2, 0.25) is 5.88 Å². The monoisotopic (exact) mass is 575 g/mol. The van der Waals surface area contributed by atoms with E-state index in [1.54, 1.807) is 45.0 Å². The highest BCUT2D eigenvalue weighted by atomic mass is 35.5. The molecule has 1 heterocycles. The van der Waals surface area contributed by atoms with E-state index in [9.17, 15) is 9.59 Å². The number of ether oxygens (including phenoxy) is 3. The van der Waals surface area contributed by atoms with E-state index in [1.807, 2.05) is 6.07 Å². The molecule has 4 saturated carbocycles. The average Bonchev–Trinajstić information content (AvgIpc) is 3.36. The lowest BCUT2D eigenvalue weighted by molar-refractivity contribution is 0.0595. The standard InChI is InChI=1S/C32H34ClN3O5/c1-31(2,3)41-30(38)36(25-8-6-5-7-23(25)29(37)39-4)27-17-35-28(18-34-27)40-26-10-9-22(13-24(26)33)32-14-19-11-20(15-32)21(12-19)16-32/h5-10,13,17-21H,11-12,14-16H2,1-4H3. The van der Waals surface area contributed by atoms with Crippen molar-refractivity contribution in [3.8, 4) is 11.6 Å². The van der Waals surface area contributed by atoms with Gasteiger partial charge in [0.15, 0.2) is 5.82 Å². The molecule has 2 unspecified atom stereocenters. The molecular formula is C32H34ClN3O5. The van der Waals surface area contributed by atoms with Crippen LogP contribution in [0.1, 0.15) is 68.8 Å². The second kappa shape index (κ2) is 10.3. The number of para-hydroxylation sites is 1. The lowest BCUT2D eigenvalue weighted by Crippen LogP contribution is -2.35. The number of nitrogens with zero attached hydrogens (tertiary/aromatic N) is 3. The minimum absolute atomic E-state index is 0.148. The highest BCUT2D eigenvalue weighted by molar-refractivity contribution is 6.32. The van der Waals surface area contributed by atoms with Crippen LogP contribution in [0.5, 0.6) is 11.6 Å². The van der Waals surface area contributed by atoms with Crippen LogP contribution in [0.25, 0.3) is 0 Å². The van der Waals surface area contributed by atoms with Crippen LogP contribution in [-0.2, 0) is 14.9 Å². The van der Waals surface area contributed by atoms with Crippen molar-refractivity contribution < 1.29 is 23.8 Å². The summed E-state index contributed by atoms with van der Waals surface area (Å²) >= 11 is 6.72. The Labute approximate surface area is 245 Å². The van der Waals surface area contributed by atoms with E-state index in [2.05, 4.69) is 22.1 Å². The first-order valence-corrected chi connectivity index (χ1v) is 14.4. The molecule has 2 atom stereocenters. The molecule has 9 heteroatoms. The molecule has 4 aliphatic rings. The lowest BCUT2D eigenvalue weighted by Gasteiger charge is -2.39. The Morgan fingerprint density at radius 1 is 1.00 bits per heavy atom. The van der Waals surface area contributed by atoms with E-state index >= 15 is 0 Å². The highest BCUT2D eigenvalue weighted by Gasteiger charge is 2.56. The number of aromatic nitrogens is 2. The van der Waals surface area contributed by atoms with Crippen LogP contribution >= 0.6 is 11.6 Å². The summed E-state index contributed by atoms with van der Waals surface area (Å²) in [5.74, 6) is 2.86. The van der Waals surface area contributed by atoms with Gasteiger partial charge < -0.3 is 14.2 Å². The van der Waals surface area contributed by atoms with Crippen molar-refractivity contribution >= 4 is 35.2 Å². The summed E-state index contributed by atoms with van der Waals surface area (Å²) < 4.78 is 16.6. The number of esters is 1. The Balaban J connectivity index is 1.25. The predicted molar refractivity (Wildman–Crippen MR) is 155 cm³/mol. The number of hydrogen-bond donors (Lipinski definition) is 0. The zero-order chi connectivity index (χ0) is 28.9. The number of amides is 1. The Hall–Kier alpha value is -3.65. The number of carbonyl (C=O) groups excluding carboxylic acids is 2. The Kier molecular flexibility index (Phi) is 6.92. The van der Waals surface area contributed by atoms with Crippen molar-refractivity contribution in [2.75, 3.05) is 12.0 Å². The summed E-state index contributed by atoms with van der Waals surface area (Å²) in [6.07, 6.45) is 8.68. The number of methoxy groups -OCH3 is 1. The number of hydrogen-bond acceptors (Lipinski definition) is 7. The van der Waals surface area contributed by atoms with Crippen LogP contribution in [0, 0.1) is 17.8 Å². The smallest absolute Gasteiger partial charge is 0.420 e. The van der Waals surface area contributed by atoms with Gasteiger partial charge in [-0.25, -0.2) is 24.5 Å². The van der Waals surface area contributed by atoms with Gasteiger partial charge in [0.25, 0.3) is 0 Å². The zero-order valence-corrected chi connectivity index (χ0v) is 24.5. The molecule has 0 radical (unpaired) electrons. The fourth-order valence-corrected chi connectivity index (χ4v) is 7.46. The van der Waals surface area contributed by atoms with Gasteiger partial charge in [-0.2, -0.15) is 0 Å². The number of halogens is 1. The molecule has 4 bridgehead atoms. The minimum atomic E-state index is -0.786. The first-order valence-electron chi connectivity index (χ1n) is 14.1. The van der Waals surface area contributed by atoms with Gasteiger partial charge in [-0.05, 0) is 106 Å². The van der Waals surface area contributed by atoms with E-state index in [4.69, 9.17) is 25.8 Å². The highest BCUT2D eigenvalue weighted by Crippen LogP contribution is 2.65. The van der Waals surface area contributed by atoms with Crippen molar-refractivity contribution in [1.82, 2.24) is 9.97 Å². The molecule has 4 fully saturated rings. The molecular weight excluding hydrogens is 542 g/mol. The summed E-state index contributed by atoms with van der Waals surface area (Å²) in [6.45, 7) is 5.28. The molecule has 7 rings (SSSR count). The van der Waals surface area contributed by atoms with E-state index < -0.39 is 17.7 Å². The summed E-state index contributed by atoms with van der Waals surface area (Å²) in [4.78, 5) is 35.8. The summed E-state index contributed by atoms with van der Waals surface area (Å²) in [5.41, 5.74) is 1.21. The fourth-order valence-electron chi connectivity index (χ4n) is 7.24. The number of carbonyl (C=O) groups is 2. The van der Waals surface area contributed by atoms with Crippen molar-refractivity contribution in [2.45, 2.75) is 63.9 Å². The van der Waals surface area contributed by atoms with Crippen LogP contribution in [0.3, 0.4) is 0 Å². The van der Waals surface area contributed by atoms with E-state index in [0.717, 1.165) is 17.8 Å². The Morgan fingerprint density at radius 3 is 2.34 bits per heavy atom. The largest absolute Gasteiger partial charge is 0.465 e. The SMILES string of the molecule is COC(=O)c1ccccc1N(C(=O)OC(C)(C)C)c1cnc(Oc2ccc(C34CC5CC(C3)C(C5)C4)cc2Cl)cn1. The van der Waals surface area contributed by atoms with Crippen LogP contribution < -0.4 is 9.64 Å². The van der Waals surface area contributed by atoms with Gasteiger partial charge >= 0.3 is 12.1 Å². The molecule has 1 aromatic heterocycles. The van der Waals surface area contributed by atoms with Crippen LogP contribution in [0.2, 0.25) is 5.02 Å². The molecule has 0 spiro atoms. The topological polar surface area (TPSA) is 90.9 Å². The third kappa shape index (κ3) is 5.25. The maximum absolute atomic E-state index is 13.3. The zero-order valence-electron chi connectivity index (χ0n) is 23.7. The van der Waals surface area contributed by atoms with Gasteiger partial charge in [-0.3, -0.25) is 0 Å². The second-order valence-electron chi connectivity index (χ2n) is 12.5. The van der Waals surface area contributed by atoms with Gasteiger partial charge in [0.05, 0.1) is 35.8 Å². The third-order valence-electron chi connectivity index (χ3n) is 8.65. The summed E-state index contributed by atoms with van der Waals surface area (Å²) in [6, 6.07) is 12.7. The maximum atomic E-state index is 13.3. The molecule has 8 nitrogen and oxygen atoms in total.